The molecule has 1 aliphatic rings. The maximum absolute atomic E-state index is 13.0. The number of pyridine rings is 1. The average Bonchev–Trinajstić information content (AvgIpc) is 2.84. The fourth-order valence-corrected chi connectivity index (χ4v) is 2.03. The molecule has 0 radical (unpaired) electrons. The maximum Gasteiger partial charge on any atom is 0.242 e. The minimum Gasteiger partial charge on any atom is -0.386 e. The lowest BCUT2D eigenvalue weighted by molar-refractivity contribution is -0.134. The molecule has 3 N–H and O–H groups in total. The van der Waals surface area contributed by atoms with E-state index < -0.39 is 24.2 Å². The third-order valence-electron chi connectivity index (χ3n) is 3.12. The highest BCUT2D eigenvalue weighted by Crippen LogP contribution is 2.19. The number of alkyl halides is 1. The molecule has 0 spiro atoms. The number of nitrogens with zero attached hydrogens (tertiary/aromatic N) is 2. The molecule has 2 rings (SSSR count). The summed E-state index contributed by atoms with van der Waals surface area (Å²) >= 11 is 0. The molecule has 5 nitrogen and oxygen atoms in total. The van der Waals surface area contributed by atoms with Crippen LogP contribution in [0.15, 0.2) is 24.5 Å². The number of rotatable bonds is 3. The molecule has 3 atom stereocenters. The molecule has 114 valence electrons. The molecule has 1 fully saturated rings. The van der Waals surface area contributed by atoms with Gasteiger partial charge in [0.05, 0.1) is 6.54 Å². The monoisotopic (exact) mass is 303 g/mol. The van der Waals surface area contributed by atoms with Crippen molar-refractivity contribution in [3.8, 4) is 0 Å². The van der Waals surface area contributed by atoms with Crippen LogP contribution in [0, 0.1) is 0 Å². The number of carbonyl (C=O) groups is 1. The van der Waals surface area contributed by atoms with E-state index in [1.54, 1.807) is 12.1 Å². The van der Waals surface area contributed by atoms with Crippen LogP contribution in [0.2, 0.25) is 0 Å². The van der Waals surface area contributed by atoms with E-state index in [2.05, 4.69) is 4.98 Å². The van der Waals surface area contributed by atoms with E-state index >= 15 is 0 Å². The van der Waals surface area contributed by atoms with Gasteiger partial charge >= 0.3 is 0 Å². The van der Waals surface area contributed by atoms with Gasteiger partial charge in [0.2, 0.25) is 5.91 Å². The normalized spacial score (nSPS) is 20.6. The number of likely N-dealkylation sites (tertiary alicyclic amines) is 1. The highest BCUT2D eigenvalue weighted by atomic mass is 32.1. The number of hydrogen-bond donors (Lipinski definition) is 2. The van der Waals surface area contributed by atoms with E-state index in [4.69, 9.17) is 5.73 Å². The van der Waals surface area contributed by atoms with Crippen LogP contribution >= 0.6 is 13.5 Å². The van der Waals surface area contributed by atoms with Crippen molar-refractivity contribution in [3.05, 3.63) is 30.1 Å². The van der Waals surface area contributed by atoms with Gasteiger partial charge < -0.3 is 15.7 Å². The Labute approximate surface area is 125 Å². The van der Waals surface area contributed by atoms with Gasteiger partial charge in [-0.05, 0) is 24.1 Å². The van der Waals surface area contributed by atoms with Crippen molar-refractivity contribution in [2.24, 2.45) is 5.73 Å². The average molecular weight is 303 g/mol. The van der Waals surface area contributed by atoms with Gasteiger partial charge in [-0.2, -0.15) is 13.5 Å². The predicted octanol–water partition coefficient (Wildman–Crippen LogP) is 0.762. The van der Waals surface area contributed by atoms with Gasteiger partial charge in [-0.15, -0.1) is 0 Å². The molecule has 0 aliphatic carbocycles. The van der Waals surface area contributed by atoms with Crippen LogP contribution in [0.5, 0.6) is 0 Å². The first-order valence-electron chi connectivity index (χ1n) is 5.86. The van der Waals surface area contributed by atoms with Crippen LogP contribution < -0.4 is 5.73 Å². The summed E-state index contributed by atoms with van der Waals surface area (Å²) in [5.41, 5.74) is 6.26. The topological polar surface area (TPSA) is 79.5 Å². The minimum atomic E-state index is -1.10. The van der Waals surface area contributed by atoms with Crippen LogP contribution in [0.1, 0.15) is 25.5 Å². The molecule has 2 unspecified atom stereocenters. The molecular weight excluding hydrogens is 281 g/mol. The first-order valence-corrected chi connectivity index (χ1v) is 5.86. The zero-order valence-corrected chi connectivity index (χ0v) is 11.4. The molecule has 2 heterocycles. The highest BCUT2D eigenvalue weighted by Gasteiger charge is 2.32. The Balaban J connectivity index is 0.00000180. The second kappa shape index (κ2) is 8.18. The summed E-state index contributed by atoms with van der Waals surface area (Å²) in [6, 6.07) is 2.12. The van der Waals surface area contributed by atoms with Crippen molar-refractivity contribution < 1.29 is 14.3 Å². The number of aliphatic hydroxyl groups is 1. The van der Waals surface area contributed by atoms with Crippen LogP contribution in [-0.2, 0) is 4.79 Å². The molecule has 1 saturated heterocycles. The lowest BCUT2D eigenvalue weighted by Gasteiger charge is -2.23. The molecule has 1 aromatic heterocycles. The van der Waals surface area contributed by atoms with Crippen LogP contribution in [0.3, 0.4) is 0 Å². The molecular formula is C13H22FN3O2S. The summed E-state index contributed by atoms with van der Waals surface area (Å²) in [5, 5.41) is 9.99. The minimum absolute atomic E-state index is 0. The number of halogens is 1. The van der Waals surface area contributed by atoms with Crippen molar-refractivity contribution in [2.75, 3.05) is 13.1 Å². The van der Waals surface area contributed by atoms with Gasteiger partial charge in [0, 0.05) is 18.9 Å². The second-order valence-corrected chi connectivity index (χ2v) is 4.42. The summed E-state index contributed by atoms with van der Waals surface area (Å²) in [6.07, 6.45) is 1.29. The molecule has 1 aliphatic heterocycles. The number of amides is 1. The van der Waals surface area contributed by atoms with E-state index in [1.165, 1.54) is 17.3 Å². The Morgan fingerprint density at radius 3 is 2.60 bits per heavy atom. The Hall–Kier alpha value is -1.18. The van der Waals surface area contributed by atoms with Gasteiger partial charge in [-0.1, -0.05) is 7.43 Å². The Morgan fingerprint density at radius 1 is 1.50 bits per heavy atom. The molecule has 1 amide bonds. The Bertz CT molecular complexity index is 421. The summed E-state index contributed by atoms with van der Waals surface area (Å²) in [6.45, 7) is 0.423. The van der Waals surface area contributed by atoms with Gasteiger partial charge in [-0.25, -0.2) is 4.39 Å². The molecule has 0 aromatic carbocycles. The van der Waals surface area contributed by atoms with Crippen LogP contribution in [0.4, 0.5) is 4.39 Å². The van der Waals surface area contributed by atoms with Crippen molar-refractivity contribution >= 4 is 19.4 Å². The maximum atomic E-state index is 13.0. The van der Waals surface area contributed by atoms with Crippen LogP contribution in [0.25, 0.3) is 0 Å². The third-order valence-corrected chi connectivity index (χ3v) is 3.12. The molecule has 0 bridgehead atoms. The third kappa shape index (κ3) is 4.16. The van der Waals surface area contributed by atoms with Crippen molar-refractivity contribution in [3.63, 3.8) is 0 Å². The second-order valence-electron chi connectivity index (χ2n) is 4.42. The molecule has 1 aromatic rings. The zero-order chi connectivity index (χ0) is 13.1. The number of hydrogen-bond acceptors (Lipinski definition) is 4. The summed E-state index contributed by atoms with van der Waals surface area (Å²) in [7, 11) is 0. The number of aliphatic hydroxyl groups excluding tert-OH is 1. The molecule has 20 heavy (non-hydrogen) atoms. The van der Waals surface area contributed by atoms with Crippen molar-refractivity contribution in [2.45, 2.75) is 32.2 Å². The molecule has 7 heteroatoms. The number of aromatic nitrogens is 1. The van der Waals surface area contributed by atoms with Gasteiger partial charge in [0.1, 0.15) is 18.3 Å². The first-order chi connectivity index (χ1) is 8.59. The largest absolute Gasteiger partial charge is 0.386 e. The van der Waals surface area contributed by atoms with Gasteiger partial charge in [0.15, 0.2) is 0 Å². The molecule has 0 saturated carbocycles. The van der Waals surface area contributed by atoms with Crippen molar-refractivity contribution in [1.82, 2.24) is 9.88 Å². The van der Waals surface area contributed by atoms with Crippen molar-refractivity contribution in [1.29, 1.82) is 0 Å². The fraction of sp³-hybridized carbons (Fsp3) is 0.538. The summed E-state index contributed by atoms with van der Waals surface area (Å²) in [5.74, 6) is -0.417. The fourth-order valence-electron chi connectivity index (χ4n) is 2.03. The predicted molar refractivity (Wildman–Crippen MR) is 80.4 cm³/mol. The van der Waals surface area contributed by atoms with E-state index in [0.29, 0.717) is 18.5 Å². The first kappa shape index (κ1) is 18.8. The van der Waals surface area contributed by atoms with E-state index in [0.717, 1.165) is 0 Å². The lowest BCUT2D eigenvalue weighted by atomic mass is 10.0. The smallest absolute Gasteiger partial charge is 0.242 e. The van der Waals surface area contributed by atoms with Gasteiger partial charge in [0.25, 0.3) is 0 Å². The van der Waals surface area contributed by atoms with E-state index in [-0.39, 0.29) is 27.5 Å². The lowest BCUT2D eigenvalue weighted by Crippen LogP contribution is -2.46. The number of carbonyl (C=O) groups excluding carboxylic acids is 1. The van der Waals surface area contributed by atoms with E-state index in [9.17, 15) is 14.3 Å². The zero-order valence-electron chi connectivity index (χ0n) is 10.4. The van der Waals surface area contributed by atoms with Gasteiger partial charge in [-0.3, -0.25) is 9.78 Å². The number of nitrogens with two attached hydrogens (primary N) is 1. The van der Waals surface area contributed by atoms with Crippen LogP contribution in [-0.4, -0.2) is 46.2 Å². The quantitative estimate of drug-likeness (QED) is 0.864. The summed E-state index contributed by atoms with van der Waals surface area (Å²) < 4.78 is 13.0. The van der Waals surface area contributed by atoms with E-state index in [1.807, 2.05) is 0 Å². The Morgan fingerprint density at radius 2 is 2.10 bits per heavy atom. The SMILES string of the molecule is C.NC(C(=O)N1CC[C@H](F)C1)C(O)c1ccncc1.S. The summed E-state index contributed by atoms with van der Waals surface area (Å²) in [4.78, 5) is 17.1. The Kier molecular flexibility index (Phi) is 7.70. The standard InChI is InChI=1S/C12H16FN3O2.CH4.H2S/c13-9-3-6-16(7-9)12(18)10(14)11(17)8-1-4-15-5-2-8;;/h1-2,4-5,9-11,17H,3,6-7,14H2;1H4;1H2/t9-,10?,11?;;/m0../s1. The highest BCUT2D eigenvalue weighted by molar-refractivity contribution is 7.59.